The van der Waals surface area contributed by atoms with Crippen molar-refractivity contribution in [2.75, 3.05) is 0 Å². The van der Waals surface area contributed by atoms with Crippen molar-refractivity contribution >= 4 is 5.91 Å². The fourth-order valence-corrected chi connectivity index (χ4v) is 1.69. The van der Waals surface area contributed by atoms with Gasteiger partial charge in [-0.2, -0.15) is 0 Å². The van der Waals surface area contributed by atoms with Crippen LogP contribution < -0.4 is 11.1 Å². The van der Waals surface area contributed by atoms with Gasteiger partial charge in [0, 0.05) is 18.2 Å². The maximum Gasteiger partial charge on any atom is 0.252 e. The maximum absolute atomic E-state index is 11.4. The van der Waals surface area contributed by atoms with Gasteiger partial charge in [-0.05, 0) is 18.1 Å². The summed E-state index contributed by atoms with van der Waals surface area (Å²) in [5.41, 5.74) is 8.54. The molecule has 0 bridgehead atoms. The number of hydrogen-bond donors (Lipinski definition) is 2. The summed E-state index contributed by atoms with van der Waals surface area (Å²) in [7, 11) is 0. The largest absolute Gasteiger partial charge is 0.348 e. The van der Waals surface area contributed by atoms with Crippen molar-refractivity contribution in [3.8, 4) is 0 Å². The predicted octanol–water partition coefficient (Wildman–Crippen LogP) is 0.950. The third-order valence-electron chi connectivity index (χ3n) is 2.34. The Bertz CT molecular complexity index is 358. The monoisotopic (exact) mass is 176 g/mol. The Morgan fingerprint density at radius 3 is 3.00 bits per heavy atom. The third-order valence-corrected chi connectivity index (χ3v) is 2.34. The Balaban J connectivity index is 2.60. The topological polar surface area (TPSA) is 55.1 Å². The quantitative estimate of drug-likeness (QED) is 0.669. The van der Waals surface area contributed by atoms with Crippen LogP contribution in [0.3, 0.4) is 0 Å². The Hall–Kier alpha value is -1.35. The van der Waals surface area contributed by atoms with Crippen LogP contribution in [0.2, 0.25) is 0 Å². The minimum atomic E-state index is -0.0844. The minimum absolute atomic E-state index is 0.00269. The molecule has 1 aromatic rings. The lowest BCUT2D eigenvalue weighted by Gasteiger charge is -2.09. The van der Waals surface area contributed by atoms with Crippen LogP contribution in [-0.4, -0.2) is 5.91 Å². The smallest absolute Gasteiger partial charge is 0.252 e. The summed E-state index contributed by atoms with van der Waals surface area (Å²) in [6, 6.07) is 5.73. The number of carbonyl (C=O) groups is 1. The molecule has 13 heavy (non-hydrogen) atoms. The van der Waals surface area contributed by atoms with Gasteiger partial charge in [-0.1, -0.05) is 18.2 Å². The van der Waals surface area contributed by atoms with Gasteiger partial charge in [-0.15, -0.1) is 0 Å². The molecular formula is C10H12N2O. The van der Waals surface area contributed by atoms with E-state index in [-0.39, 0.29) is 11.9 Å². The summed E-state index contributed by atoms with van der Waals surface area (Å²) >= 11 is 0. The van der Waals surface area contributed by atoms with Crippen molar-refractivity contribution in [1.29, 1.82) is 0 Å². The number of hydrogen-bond acceptors (Lipinski definition) is 2. The second-order valence-electron chi connectivity index (χ2n) is 3.35. The second-order valence-corrected chi connectivity index (χ2v) is 3.35. The number of nitrogens with one attached hydrogen (secondary N) is 1. The molecule has 0 aliphatic carbocycles. The minimum Gasteiger partial charge on any atom is -0.348 e. The van der Waals surface area contributed by atoms with E-state index in [1.165, 1.54) is 0 Å². The van der Waals surface area contributed by atoms with Gasteiger partial charge in [-0.3, -0.25) is 4.79 Å². The number of carbonyl (C=O) groups excluding carboxylic acids is 1. The van der Waals surface area contributed by atoms with E-state index in [9.17, 15) is 4.79 Å². The summed E-state index contributed by atoms with van der Waals surface area (Å²) < 4.78 is 0. The summed E-state index contributed by atoms with van der Waals surface area (Å²) in [6.07, 6.45) is 0. The molecule has 0 saturated heterocycles. The molecule has 0 aromatic heterocycles. The van der Waals surface area contributed by atoms with Gasteiger partial charge in [0.1, 0.15) is 0 Å². The van der Waals surface area contributed by atoms with E-state index >= 15 is 0 Å². The molecular weight excluding hydrogens is 164 g/mol. The fraction of sp³-hybridized carbons (Fsp3) is 0.300. The molecule has 0 fully saturated rings. The highest BCUT2D eigenvalue weighted by molar-refractivity contribution is 5.99. The average molecular weight is 176 g/mol. The Morgan fingerprint density at radius 2 is 2.31 bits per heavy atom. The average Bonchev–Trinajstić information content (AvgIpc) is 2.48. The van der Waals surface area contributed by atoms with Gasteiger partial charge in [0.15, 0.2) is 0 Å². The van der Waals surface area contributed by atoms with Gasteiger partial charge >= 0.3 is 0 Å². The Labute approximate surface area is 76.9 Å². The molecule has 1 heterocycles. The molecule has 0 spiro atoms. The number of amides is 1. The zero-order valence-corrected chi connectivity index (χ0v) is 7.50. The number of nitrogens with two attached hydrogens (primary N) is 1. The van der Waals surface area contributed by atoms with Crippen molar-refractivity contribution in [2.24, 2.45) is 5.73 Å². The Kier molecular flexibility index (Phi) is 1.81. The number of fused-ring (bicyclic) bond motifs is 1. The van der Waals surface area contributed by atoms with Crippen LogP contribution in [0.5, 0.6) is 0 Å². The molecule has 1 aliphatic rings. The highest BCUT2D eigenvalue weighted by atomic mass is 16.1. The molecule has 3 nitrogen and oxygen atoms in total. The highest BCUT2D eigenvalue weighted by Crippen LogP contribution is 2.23. The van der Waals surface area contributed by atoms with E-state index < -0.39 is 0 Å². The summed E-state index contributed by atoms with van der Waals surface area (Å²) in [5, 5.41) is 2.79. The SMILES string of the molecule is CC(N)c1cccc2c1C(=O)NC2. The van der Waals surface area contributed by atoms with Crippen molar-refractivity contribution < 1.29 is 4.79 Å². The van der Waals surface area contributed by atoms with Crippen LogP contribution in [0, 0.1) is 0 Å². The number of rotatable bonds is 1. The van der Waals surface area contributed by atoms with E-state index in [2.05, 4.69) is 5.32 Å². The summed E-state index contributed by atoms with van der Waals surface area (Å²) in [5.74, 6) is 0.00269. The first-order valence-electron chi connectivity index (χ1n) is 4.35. The zero-order chi connectivity index (χ0) is 9.42. The first-order valence-corrected chi connectivity index (χ1v) is 4.35. The highest BCUT2D eigenvalue weighted by Gasteiger charge is 2.22. The molecule has 3 N–H and O–H groups in total. The normalized spacial score (nSPS) is 16.6. The summed E-state index contributed by atoms with van der Waals surface area (Å²) in [6.45, 7) is 2.52. The molecule has 68 valence electrons. The van der Waals surface area contributed by atoms with Gasteiger partial charge in [-0.25, -0.2) is 0 Å². The zero-order valence-electron chi connectivity index (χ0n) is 7.50. The van der Waals surface area contributed by atoms with E-state index in [1.54, 1.807) is 0 Å². The van der Waals surface area contributed by atoms with Crippen LogP contribution in [0.4, 0.5) is 0 Å². The summed E-state index contributed by atoms with van der Waals surface area (Å²) in [4.78, 5) is 11.4. The maximum atomic E-state index is 11.4. The lowest BCUT2D eigenvalue weighted by atomic mass is 9.99. The molecule has 1 aromatic carbocycles. The first kappa shape index (κ1) is 8.26. The third kappa shape index (κ3) is 1.21. The van der Waals surface area contributed by atoms with E-state index in [4.69, 9.17) is 5.73 Å². The van der Waals surface area contributed by atoms with Gasteiger partial charge in [0.25, 0.3) is 5.91 Å². The molecule has 0 saturated carbocycles. The van der Waals surface area contributed by atoms with Crippen molar-refractivity contribution in [1.82, 2.24) is 5.32 Å². The molecule has 1 unspecified atom stereocenters. The van der Waals surface area contributed by atoms with Gasteiger partial charge in [0.2, 0.25) is 0 Å². The number of benzene rings is 1. The molecule has 1 aliphatic heterocycles. The van der Waals surface area contributed by atoms with E-state index in [0.717, 1.165) is 16.7 Å². The lowest BCUT2D eigenvalue weighted by molar-refractivity contribution is 0.0964. The first-order chi connectivity index (χ1) is 6.20. The van der Waals surface area contributed by atoms with E-state index in [0.29, 0.717) is 6.54 Å². The van der Waals surface area contributed by atoms with Crippen LogP contribution in [-0.2, 0) is 6.54 Å². The molecule has 1 atom stereocenters. The van der Waals surface area contributed by atoms with Crippen molar-refractivity contribution in [2.45, 2.75) is 19.5 Å². The van der Waals surface area contributed by atoms with Gasteiger partial charge in [0.05, 0.1) is 0 Å². The lowest BCUT2D eigenvalue weighted by Crippen LogP contribution is -2.16. The Morgan fingerprint density at radius 1 is 1.54 bits per heavy atom. The molecule has 0 radical (unpaired) electrons. The molecule has 1 amide bonds. The van der Waals surface area contributed by atoms with Crippen LogP contribution in [0.25, 0.3) is 0 Å². The fourth-order valence-electron chi connectivity index (χ4n) is 1.69. The van der Waals surface area contributed by atoms with Crippen molar-refractivity contribution in [3.05, 3.63) is 34.9 Å². The van der Waals surface area contributed by atoms with Crippen LogP contribution in [0.15, 0.2) is 18.2 Å². The standard InChI is InChI=1S/C10H12N2O/c1-6(11)8-4-2-3-7-5-12-10(13)9(7)8/h2-4,6H,5,11H2,1H3,(H,12,13). The predicted molar refractivity (Wildman–Crippen MR) is 50.2 cm³/mol. The van der Waals surface area contributed by atoms with Gasteiger partial charge < -0.3 is 11.1 Å². The van der Waals surface area contributed by atoms with Crippen LogP contribution in [0.1, 0.15) is 34.5 Å². The van der Waals surface area contributed by atoms with E-state index in [1.807, 2.05) is 25.1 Å². The second kappa shape index (κ2) is 2.85. The molecule has 3 heteroatoms. The molecule has 2 rings (SSSR count). The van der Waals surface area contributed by atoms with Crippen molar-refractivity contribution in [3.63, 3.8) is 0 Å². The van der Waals surface area contributed by atoms with Crippen LogP contribution >= 0.6 is 0 Å².